The average Bonchev–Trinajstić information content (AvgIpc) is 3.50. The molecular formula is C28H29N7O2. The first kappa shape index (κ1) is 23.1. The molecule has 6 rings (SSSR count). The van der Waals surface area contributed by atoms with Gasteiger partial charge < -0.3 is 16.0 Å². The summed E-state index contributed by atoms with van der Waals surface area (Å²) in [4.78, 5) is 40.8. The second-order valence-electron chi connectivity index (χ2n) is 9.80. The molecule has 0 saturated carbocycles. The number of nitrogens with one attached hydrogen (secondary N) is 1. The van der Waals surface area contributed by atoms with Gasteiger partial charge in [0.2, 0.25) is 5.91 Å². The van der Waals surface area contributed by atoms with Gasteiger partial charge in [-0.25, -0.2) is 15.0 Å². The predicted molar refractivity (Wildman–Crippen MR) is 141 cm³/mol. The zero-order valence-electron chi connectivity index (χ0n) is 20.7. The van der Waals surface area contributed by atoms with Crippen LogP contribution in [-0.4, -0.2) is 48.7 Å². The number of hydrogen-bond donors (Lipinski definition) is 2. The zero-order chi connectivity index (χ0) is 25.5. The van der Waals surface area contributed by atoms with Crippen LogP contribution < -0.4 is 11.1 Å². The number of aromatic nitrogens is 4. The number of anilines is 2. The SMILES string of the molecule is CCc1ccnc(NC(=O)c2ccc(-c3nc(C4CCC5CCC(=O)N5C4)n4ccnc(N)c34)cc2)c1. The number of piperidine rings is 1. The summed E-state index contributed by atoms with van der Waals surface area (Å²) in [5, 5.41) is 2.87. The number of aryl methyl sites for hydroxylation is 1. The maximum atomic E-state index is 12.8. The number of rotatable bonds is 5. The third kappa shape index (κ3) is 4.20. The highest BCUT2D eigenvalue weighted by Gasteiger charge is 2.38. The summed E-state index contributed by atoms with van der Waals surface area (Å²) < 4.78 is 2.01. The van der Waals surface area contributed by atoms with Crippen molar-refractivity contribution < 1.29 is 9.59 Å². The van der Waals surface area contributed by atoms with E-state index in [9.17, 15) is 9.59 Å². The molecule has 188 valence electrons. The standard InChI is InChI=1S/C28H29N7O2/c1-2-17-11-12-30-22(15-17)32-28(37)19-5-3-18(4-6-19)24-25-26(29)31-13-14-34(25)27(33-24)20-7-8-21-9-10-23(36)35(21)16-20/h3-6,11-15,20-21H,2,7-10,16H2,1H3,(H2,29,31)(H,30,32,37). The van der Waals surface area contributed by atoms with Crippen molar-refractivity contribution in [2.24, 2.45) is 0 Å². The fraction of sp³-hybridized carbons (Fsp3) is 0.321. The van der Waals surface area contributed by atoms with Crippen molar-refractivity contribution in [3.05, 3.63) is 71.9 Å². The van der Waals surface area contributed by atoms with Crippen molar-refractivity contribution in [3.63, 3.8) is 0 Å². The highest BCUT2D eigenvalue weighted by molar-refractivity contribution is 6.04. The molecule has 2 unspecified atom stereocenters. The Kier molecular flexibility index (Phi) is 5.82. The molecule has 0 aliphatic carbocycles. The molecule has 2 atom stereocenters. The van der Waals surface area contributed by atoms with Gasteiger partial charge in [-0.15, -0.1) is 0 Å². The lowest BCUT2D eigenvalue weighted by Crippen LogP contribution is -2.41. The van der Waals surface area contributed by atoms with Crippen LogP contribution in [0.25, 0.3) is 16.8 Å². The van der Waals surface area contributed by atoms with Gasteiger partial charge in [0.15, 0.2) is 0 Å². The highest BCUT2D eigenvalue weighted by Crippen LogP contribution is 2.38. The molecule has 2 aliphatic rings. The molecule has 37 heavy (non-hydrogen) atoms. The van der Waals surface area contributed by atoms with Gasteiger partial charge in [0.1, 0.15) is 28.7 Å². The molecule has 2 amide bonds. The van der Waals surface area contributed by atoms with Crippen LogP contribution in [0.1, 0.15) is 60.3 Å². The van der Waals surface area contributed by atoms with Crippen molar-refractivity contribution in [2.45, 2.75) is 51.0 Å². The number of pyridine rings is 1. The van der Waals surface area contributed by atoms with E-state index in [2.05, 4.69) is 22.2 Å². The van der Waals surface area contributed by atoms with Gasteiger partial charge in [-0.05, 0) is 55.5 Å². The maximum Gasteiger partial charge on any atom is 0.256 e. The molecule has 2 aliphatic heterocycles. The molecule has 1 aromatic carbocycles. The van der Waals surface area contributed by atoms with E-state index in [1.54, 1.807) is 24.5 Å². The summed E-state index contributed by atoms with van der Waals surface area (Å²) in [7, 11) is 0. The zero-order valence-corrected chi connectivity index (χ0v) is 20.7. The normalized spacial score (nSPS) is 19.3. The van der Waals surface area contributed by atoms with E-state index in [-0.39, 0.29) is 17.7 Å². The van der Waals surface area contributed by atoms with Crippen molar-refractivity contribution in [3.8, 4) is 11.3 Å². The fourth-order valence-corrected chi connectivity index (χ4v) is 5.58. The summed E-state index contributed by atoms with van der Waals surface area (Å²) in [6.45, 7) is 2.74. The van der Waals surface area contributed by atoms with Crippen LogP contribution in [0.3, 0.4) is 0 Å². The lowest BCUT2D eigenvalue weighted by Gasteiger charge is -2.34. The number of hydrogen-bond acceptors (Lipinski definition) is 6. The fourth-order valence-electron chi connectivity index (χ4n) is 5.58. The Bertz CT molecular complexity index is 1490. The molecule has 2 saturated heterocycles. The molecule has 5 heterocycles. The van der Waals surface area contributed by atoms with E-state index in [4.69, 9.17) is 10.7 Å². The van der Waals surface area contributed by atoms with Crippen LogP contribution in [0.5, 0.6) is 0 Å². The monoisotopic (exact) mass is 495 g/mol. The summed E-state index contributed by atoms with van der Waals surface area (Å²) in [6, 6.07) is 11.5. The lowest BCUT2D eigenvalue weighted by molar-refractivity contribution is -0.130. The summed E-state index contributed by atoms with van der Waals surface area (Å²) in [5.74, 6) is 1.95. The Morgan fingerprint density at radius 2 is 1.95 bits per heavy atom. The van der Waals surface area contributed by atoms with Crippen LogP contribution in [0.15, 0.2) is 55.0 Å². The van der Waals surface area contributed by atoms with Crippen LogP contribution >= 0.6 is 0 Å². The molecule has 0 radical (unpaired) electrons. The first-order chi connectivity index (χ1) is 18.0. The summed E-state index contributed by atoms with van der Waals surface area (Å²) in [5.41, 5.74) is 10.3. The van der Waals surface area contributed by atoms with Gasteiger partial charge in [0.25, 0.3) is 5.91 Å². The van der Waals surface area contributed by atoms with Crippen molar-refractivity contribution in [2.75, 3.05) is 17.6 Å². The lowest BCUT2D eigenvalue weighted by atomic mass is 9.92. The Morgan fingerprint density at radius 1 is 1.11 bits per heavy atom. The Morgan fingerprint density at radius 3 is 2.76 bits per heavy atom. The smallest absolute Gasteiger partial charge is 0.256 e. The van der Waals surface area contributed by atoms with Gasteiger partial charge in [-0.3, -0.25) is 14.0 Å². The molecule has 3 N–H and O–H groups in total. The van der Waals surface area contributed by atoms with Crippen LogP contribution in [0, 0.1) is 0 Å². The Balaban J connectivity index is 1.30. The van der Waals surface area contributed by atoms with E-state index in [0.29, 0.717) is 36.2 Å². The van der Waals surface area contributed by atoms with Gasteiger partial charge >= 0.3 is 0 Å². The van der Waals surface area contributed by atoms with Crippen molar-refractivity contribution in [1.29, 1.82) is 0 Å². The number of fused-ring (bicyclic) bond motifs is 2. The predicted octanol–water partition coefficient (Wildman–Crippen LogP) is 4.06. The minimum absolute atomic E-state index is 0.123. The largest absolute Gasteiger partial charge is 0.382 e. The topological polar surface area (TPSA) is 119 Å². The third-order valence-corrected chi connectivity index (χ3v) is 7.59. The quantitative estimate of drug-likeness (QED) is 0.431. The number of carbonyl (C=O) groups is 2. The number of nitrogen functional groups attached to an aromatic ring is 1. The average molecular weight is 496 g/mol. The first-order valence-electron chi connectivity index (χ1n) is 12.8. The molecule has 3 aromatic heterocycles. The summed E-state index contributed by atoms with van der Waals surface area (Å²) >= 11 is 0. The minimum atomic E-state index is -0.226. The Hall–Kier alpha value is -4.27. The Labute approximate surface area is 214 Å². The maximum absolute atomic E-state index is 12.8. The number of nitrogens with two attached hydrogens (primary N) is 1. The number of carbonyl (C=O) groups excluding carboxylic acids is 2. The number of amides is 2. The molecule has 0 spiro atoms. The number of imidazole rings is 1. The third-order valence-electron chi connectivity index (χ3n) is 7.59. The van der Waals surface area contributed by atoms with Crippen molar-refractivity contribution >= 4 is 29.0 Å². The second-order valence-corrected chi connectivity index (χ2v) is 9.80. The second kappa shape index (κ2) is 9.31. The van der Waals surface area contributed by atoms with E-state index < -0.39 is 0 Å². The van der Waals surface area contributed by atoms with Gasteiger partial charge in [0, 0.05) is 54.6 Å². The molecule has 9 nitrogen and oxygen atoms in total. The van der Waals surface area contributed by atoms with Crippen molar-refractivity contribution in [1.82, 2.24) is 24.3 Å². The van der Waals surface area contributed by atoms with Crippen LogP contribution in [0.2, 0.25) is 0 Å². The molecule has 2 fully saturated rings. The summed E-state index contributed by atoms with van der Waals surface area (Å²) in [6.07, 6.45) is 9.69. The van der Waals surface area contributed by atoms with E-state index in [1.807, 2.05) is 39.8 Å². The molecule has 0 bridgehead atoms. The van der Waals surface area contributed by atoms with E-state index in [1.165, 1.54) is 0 Å². The van der Waals surface area contributed by atoms with Crippen LogP contribution in [-0.2, 0) is 11.2 Å². The molecule has 9 heteroatoms. The number of benzene rings is 1. The first-order valence-corrected chi connectivity index (χ1v) is 12.8. The minimum Gasteiger partial charge on any atom is -0.382 e. The number of nitrogens with zero attached hydrogens (tertiary/aromatic N) is 5. The highest BCUT2D eigenvalue weighted by atomic mass is 16.2. The molecule has 4 aromatic rings. The molecular weight excluding hydrogens is 466 g/mol. The van der Waals surface area contributed by atoms with E-state index in [0.717, 1.165) is 53.8 Å². The van der Waals surface area contributed by atoms with Gasteiger partial charge in [0.05, 0.1) is 0 Å². The van der Waals surface area contributed by atoms with Crippen LogP contribution in [0.4, 0.5) is 11.6 Å². The van der Waals surface area contributed by atoms with Gasteiger partial charge in [-0.2, -0.15) is 0 Å². The van der Waals surface area contributed by atoms with Gasteiger partial charge in [-0.1, -0.05) is 19.1 Å². The van der Waals surface area contributed by atoms with E-state index >= 15 is 0 Å².